The van der Waals surface area contributed by atoms with Gasteiger partial charge in [-0.25, -0.2) is 13.1 Å². The molecule has 1 atom stereocenters. The summed E-state index contributed by atoms with van der Waals surface area (Å²) < 4.78 is 65.9. The van der Waals surface area contributed by atoms with Gasteiger partial charge in [0.05, 0.1) is 17.4 Å². The van der Waals surface area contributed by atoms with Crippen molar-refractivity contribution in [1.82, 2.24) is 9.62 Å². The summed E-state index contributed by atoms with van der Waals surface area (Å²) >= 11 is 0. The Kier molecular flexibility index (Phi) is 6.98. The summed E-state index contributed by atoms with van der Waals surface area (Å²) in [6.45, 7) is 0.645. The lowest BCUT2D eigenvalue weighted by molar-refractivity contribution is -0.274. The number of halogens is 3. The van der Waals surface area contributed by atoms with Crippen LogP contribution in [-0.4, -0.2) is 56.8 Å². The normalized spacial score (nSPS) is 13.1. The van der Waals surface area contributed by atoms with Gasteiger partial charge in [-0.2, -0.15) is 0 Å². The molecular weight excluding hydrogens is 381 g/mol. The summed E-state index contributed by atoms with van der Waals surface area (Å²) in [7, 11) is -2.83. The fourth-order valence-electron chi connectivity index (χ4n) is 1.79. The van der Waals surface area contributed by atoms with E-state index in [0.29, 0.717) is 0 Å². The van der Waals surface area contributed by atoms with E-state index < -0.39 is 46.5 Å². The van der Waals surface area contributed by atoms with Crippen molar-refractivity contribution in [1.29, 1.82) is 0 Å². The van der Waals surface area contributed by atoms with Gasteiger partial charge in [0.2, 0.25) is 15.9 Å². The Bertz CT molecular complexity index is 749. The second kappa shape index (κ2) is 8.36. The van der Waals surface area contributed by atoms with Crippen LogP contribution in [0.5, 0.6) is 5.75 Å². The Morgan fingerprint density at radius 3 is 2.27 bits per heavy atom. The van der Waals surface area contributed by atoms with E-state index in [1.54, 1.807) is 0 Å². The van der Waals surface area contributed by atoms with Crippen LogP contribution in [0.4, 0.5) is 13.2 Å². The third-order valence-electron chi connectivity index (χ3n) is 3.18. The number of aliphatic carboxylic acids is 1. The number of carboxylic acids is 1. The van der Waals surface area contributed by atoms with Crippen molar-refractivity contribution in [2.75, 3.05) is 20.1 Å². The van der Waals surface area contributed by atoms with Crippen molar-refractivity contribution >= 4 is 21.9 Å². The molecule has 0 heterocycles. The summed E-state index contributed by atoms with van der Waals surface area (Å²) in [6.07, 6.45) is -4.90. The molecule has 1 rings (SSSR count). The van der Waals surface area contributed by atoms with Crippen LogP contribution in [-0.2, 0) is 19.6 Å². The van der Waals surface area contributed by atoms with Gasteiger partial charge in [0.25, 0.3) is 0 Å². The quantitative estimate of drug-likeness (QED) is 0.677. The van der Waals surface area contributed by atoms with Crippen LogP contribution >= 0.6 is 0 Å². The molecule has 146 valence electrons. The highest BCUT2D eigenvalue weighted by Gasteiger charge is 2.31. The maximum Gasteiger partial charge on any atom is 0.573 e. The van der Waals surface area contributed by atoms with Gasteiger partial charge in [0.1, 0.15) is 5.75 Å². The number of ether oxygens (including phenoxy) is 1. The van der Waals surface area contributed by atoms with Crippen LogP contribution in [0.25, 0.3) is 0 Å². The van der Waals surface area contributed by atoms with E-state index in [0.717, 1.165) is 29.2 Å². The minimum atomic E-state index is -4.90. The molecule has 0 saturated carbocycles. The monoisotopic (exact) mass is 398 g/mol. The largest absolute Gasteiger partial charge is 0.573 e. The summed E-state index contributed by atoms with van der Waals surface area (Å²) in [5.74, 6) is -3.19. The van der Waals surface area contributed by atoms with Crippen molar-refractivity contribution in [3.63, 3.8) is 0 Å². The molecule has 0 aromatic heterocycles. The van der Waals surface area contributed by atoms with E-state index in [2.05, 4.69) is 4.74 Å². The van der Waals surface area contributed by atoms with E-state index in [4.69, 9.17) is 5.11 Å². The molecule has 0 aliphatic heterocycles. The zero-order chi connectivity index (χ0) is 20.1. The summed E-state index contributed by atoms with van der Waals surface area (Å²) in [4.78, 5) is 23.3. The van der Waals surface area contributed by atoms with Gasteiger partial charge in [-0.3, -0.25) is 9.59 Å². The van der Waals surface area contributed by atoms with Gasteiger partial charge in [0.15, 0.2) is 0 Å². The molecule has 8 nitrogen and oxygen atoms in total. The number of nitrogens with one attached hydrogen (secondary N) is 1. The fraction of sp³-hybridized carbons (Fsp3) is 0.429. The molecular formula is C14H17F3N2O6S. The molecule has 0 aliphatic rings. The highest BCUT2D eigenvalue weighted by molar-refractivity contribution is 7.89. The zero-order valence-corrected chi connectivity index (χ0v) is 14.6. The van der Waals surface area contributed by atoms with E-state index in [9.17, 15) is 31.2 Å². The summed E-state index contributed by atoms with van der Waals surface area (Å²) in [5, 5.41) is 8.78. The number of carbonyl (C=O) groups is 2. The molecule has 2 N–H and O–H groups in total. The second-order valence-electron chi connectivity index (χ2n) is 5.36. The van der Waals surface area contributed by atoms with Gasteiger partial charge in [-0.1, -0.05) is 6.92 Å². The number of hydrogen-bond donors (Lipinski definition) is 2. The maximum absolute atomic E-state index is 12.1. The number of alkyl halides is 3. The van der Waals surface area contributed by atoms with Crippen molar-refractivity contribution in [2.24, 2.45) is 5.92 Å². The molecule has 26 heavy (non-hydrogen) atoms. The smallest absolute Gasteiger partial charge is 0.481 e. The van der Waals surface area contributed by atoms with E-state index >= 15 is 0 Å². The minimum absolute atomic E-state index is 0.112. The van der Waals surface area contributed by atoms with Crippen molar-refractivity contribution in [3.05, 3.63) is 24.3 Å². The molecule has 0 radical (unpaired) electrons. The van der Waals surface area contributed by atoms with Crippen LogP contribution < -0.4 is 9.46 Å². The van der Waals surface area contributed by atoms with Gasteiger partial charge in [-0.15, -0.1) is 13.2 Å². The molecule has 1 aromatic rings. The number of sulfonamides is 1. The number of hydrogen-bond acceptors (Lipinski definition) is 5. The fourth-order valence-corrected chi connectivity index (χ4v) is 2.76. The second-order valence-corrected chi connectivity index (χ2v) is 7.12. The molecule has 0 spiro atoms. The number of nitrogens with zero attached hydrogens (tertiary/aromatic N) is 1. The zero-order valence-electron chi connectivity index (χ0n) is 13.8. The van der Waals surface area contributed by atoms with Gasteiger partial charge < -0.3 is 14.7 Å². The molecule has 1 unspecified atom stereocenters. The lowest BCUT2D eigenvalue weighted by Crippen LogP contribution is -2.40. The van der Waals surface area contributed by atoms with Gasteiger partial charge in [-0.05, 0) is 24.3 Å². The molecule has 1 amide bonds. The predicted molar refractivity (Wildman–Crippen MR) is 82.8 cm³/mol. The standard InChI is InChI=1S/C14H17F3N2O6S/c1-9(13(21)22)8-19(2)12(20)7-18-26(23,24)11-5-3-10(4-6-11)25-14(15,16)17/h3-6,9,18H,7-8H2,1-2H3,(H,21,22). The average Bonchev–Trinajstić information content (AvgIpc) is 2.51. The Morgan fingerprint density at radius 2 is 1.81 bits per heavy atom. The van der Waals surface area contributed by atoms with Crippen LogP contribution in [0, 0.1) is 5.92 Å². The van der Waals surface area contributed by atoms with Crippen LogP contribution in [0.3, 0.4) is 0 Å². The number of likely N-dealkylation sites (N-methyl/N-ethyl adjacent to an activating group) is 1. The molecule has 0 aliphatic carbocycles. The average molecular weight is 398 g/mol. The first-order chi connectivity index (χ1) is 11.8. The highest BCUT2D eigenvalue weighted by atomic mass is 32.2. The first-order valence-corrected chi connectivity index (χ1v) is 8.62. The molecule has 12 heteroatoms. The Morgan fingerprint density at radius 1 is 1.27 bits per heavy atom. The highest BCUT2D eigenvalue weighted by Crippen LogP contribution is 2.23. The number of carboxylic acid groups (broad SMARTS) is 1. The lowest BCUT2D eigenvalue weighted by Gasteiger charge is -2.19. The number of carbonyl (C=O) groups excluding carboxylic acids is 1. The van der Waals surface area contributed by atoms with E-state index in [-0.39, 0.29) is 11.4 Å². The first kappa shape index (κ1) is 21.7. The molecule has 0 saturated heterocycles. The maximum atomic E-state index is 12.1. The third kappa shape index (κ3) is 6.88. The number of benzene rings is 1. The molecule has 0 bridgehead atoms. The number of amides is 1. The molecule has 0 fully saturated rings. The Balaban J connectivity index is 2.68. The Hall–Kier alpha value is -2.34. The van der Waals surface area contributed by atoms with Crippen molar-refractivity contribution in [3.8, 4) is 5.75 Å². The summed E-state index contributed by atoms with van der Waals surface area (Å²) in [5.41, 5.74) is 0. The van der Waals surface area contributed by atoms with Gasteiger partial charge >= 0.3 is 12.3 Å². The third-order valence-corrected chi connectivity index (χ3v) is 4.59. The Labute approximate surface area is 147 Å². The van der Waals surface area contributed by atoms with Crippen molar-refractivity contribution < 1.29 is 41.0 Å². The van der Waals surface area contributed by atoms with Gasteiger partial charge in [0, 0.05) is 13.6 Å². The van der Waals surface area contributed by atoms with Crippen LogP contribution in [0.1, 0.15) is 6.92 Å². The topological polar surface area (TPSA) is 113 Å². The minimum Gasteiger partial charge on any atom is -0.481 e. The lowest BCUT2D eigenvalue weighted by atomic mass is 10.2. The first-order valence-electron chi connectivity index (χ1n) is 7.14. The van der Waals surface area contributed by atoms with Crippen LogP contribution in [0.15, 0.2) is 29.2 Å². The predicted octanol–water partition coefficient (Wildman–Crippen LogP) is 1.04. The summed E-state index contributed by atoms with van der Waals surface area (Å²) in [6, 6.07) is 3.43. The van der Waals surface area contributed by atoms with E-state index in [1.807, 2.05) is 4.72 Å². The van der Waals surface area contributed by atoms with Crippen LogP contribution in [0.2, 0.25) is 0 Å². The SMILES string of the molecule is CC(CN(C)C(=O)CNS(=O)(=O)c1ccc(OC(F)(F)F)cc1)C(=O)O. The van der Waals surface area contributed by atoms with E-state index in [1.165, 1.54) is 14.0 Å². The molecule has 1 aromatic carbocycles. The number of rotatable bonds is 8. The van der Waals surface area contributed by atoms with Crippen molar-refractivity contribution in [2.45, 2.75) is 18.2 Å².